The summed E-state index contributed by atoms with van der Waals surface area (Å²) in [5.74, 6) is 0. The molecule has 1 unspecified atom stereocenters. The molecule has 0 spiro atoms. The molecule has 0 N–H and O–H groups in total. The fraction of sp³-hybridized carbons (Fsp3) is 0.217. The predicted molar refractivity (Wildman–Crippen MR) is 118 cm³/mol. The fourth-order valence-corrected chi connectivity index (χ4v) is 3.43. The Balaban J connectivity index is 1.91. The molecule has 0 saturated carbocycles. The van der Waals surface area contributed by atoms with Crippen LogP contribution in [0.15, 0.2) is 70.5 Å². The standard InChI is InChI=1S/C23H20ClN5O2/c1-23(2,3)31-22(30)29-21-19-7-5-4-6-16(19)14-26-28(21)18(13-25)12-20(27-29)15-8-10-17(24)11-9-15/h4-12,14,21H,1-3H3. The lowest BCUT2D eigenvalue weighted by Crippen LogP contribution is -2.43. The molecule has 2 heterocycles. The molecule has 4 rings (SSSR count). The summed E-state index contributed by atoms with van der Waals surface area (Å²) in [6.07, 6.45) is 1.85. The molecule has 7 nitrogen and oxygen atoms in total. The highest BCUT2D eigenvalue weighted by Gasteiger charge is 2.39. The summed E-state index contributed by atoms with van der Waals surface area (Å²) in [5, 5.41) is 22.3. The largest absolute Gasteiger partial charge is 0.442 e. The molecule has 2 aromatic carbocycles. The van der Waals surface area contributed by atoms with Crippen molar-refractivity contribution in [2.45, 2.75) is 32.5 Å². The van der Waals surface area contributed by atoms with E-state index in [4.69, 9.17) is 16.3 Å². The normalized spacial score (nSPS) is 17.6. The summed E-state index contributed by atoms with van der Waals surface area (Å²) >= 11 is 6.03. The van der Waals surface area contributed by atoms with Gasteiger partial charge in [-0.15, -0.1) is 0 Å². The maximum atomic E-state index is 13.2. The molecule has 2 aliphatic rings. The van der Waals surface area contributed by atoms with Gasteiger partial charge in [0.25, 0.3) is 0 Å². The summed E-state index contributed by atoms with van der Waals surface area (Å²) in [6, 6.07) is 16.7. The number of nitriles is 1. The monoisotopic (exact) mass is 433 g/mol. The van der Waals surface area contributed by atoms with E-state index in [0.717, 1.165) is 11.1 Å². The Bertz CT molecular complexity index is 1160. The summed E-state index contributed by atoms with van der Waals surface area (Å²) in [7, 11) is 0. The number of nitrogens with zero attached hydrogens (tertiary/aromatic N) is 5. The van der Waals surface area contributed by atoms with Gasteiger partial charge in [0.05, 0.1) is 11.9 Å². The quantitative estimate of drug-likeness (QED) is 0.630. The number of benzene rings is 2. The van der Waals surface area contributed by atoms with Crippen molar-refractivity contribution >= 4 is 29.6 Å². The van der Waals surface area contributed by atoms with Gasteiger partial charge in [-0.25, -0.2) is 9.80 Å². The van der Waals surface area contributed by atoms with Crippen LogP contribution in [0.25, 0.3) is 0 Å². The third kappa shape index (κ3) is 4.16. The van der Waals surface area contributed by atoms with Crippen LogP contribution >= 0.6 is 11.6 Å². The Kier molecular flexibility index (Phi) is 5.25. The maximum Gasteiger partial charge on any atom is 0.433 e. The molecular weight excluding hydrogens is 414 g/mol. The van der Waals surface area contributed by atoms with Crippen molar-refractivity contribution in [3.05, 3.63) is 82.0 Å². The predicted octanol–water partition coefficient (Wildman–Crippen LogP) is 5.05. The van der Waals surface area contributed by atoms with Gasteiger partial charge in [-0.05, 0) is 32.9 Å². The molecule has 0 saturated heterocycles. The molecule has 0 aromatic heterocycles. The Morgan fingerprint density at radius 1 is 1.16 bits per heavy atom. The topological polar surface area (TPSA) is 81.3 Å². The molecule has 1 amide bonds. The van der Waals surface area contributed by atoms with E-state index in [1.54, 1.807) is 57.3 Å². The highest BCUT2D eigenvalue weighted by Crippen LogP contribution is 2.36. The van der Waals surface area contributed by atoms with E-state index >= 15 is 0 Å². The number of allylic oxidation sites excluding steroid dienone is 2. The lowest BCUT2D eigenvalue weighted by Gasteiger charge is -2.36. The number of hydrogen-bond acceptors (Lipinski definition) is 6. The third-order valence-electron chi connectivity index (χ3n) is 4.63. The summed E-state index contributed by atoms with van der Waals surface area (Å²) in [6.45, 7) is 5.36. The van der Waals surface area contributed by atoms with Gasteiger partial charge in [0, 0.05) is 27.8 Å². The molecule has 0 aliphatic carbocycles. The number of rotatable bonds is 1. The van der Waals surface area contributed by atoms with Crippen molar-refractivity contribution in [2.75, 3.05) is 0 Å². The highest BCUT2D eigenvalue weighted by atomic mass is 35.5. The number of carbonyl (C=O) groups is 1. The summed E-state index contributed by atoms with van der Waals surface area (Å²) in [4.78, 5) is 13.2. The van der Waals surface area contributed by atoms with Crippen molar-refractivity contribution in [1.82, 2.24) is 10.0 Å². The van der Waals surface area contributed by atoms with E-state index in [1.807, 2.05) is 24.3 Å². The fourth-order valence-electron chi connectivity index (χ4n) is 3.30. The Hall–Kier alpha value is -3.63. The molecule has 0 fully saturated rings. The number of amides is 1. The van der Waals surface area contributed by atoms with Crippen LogP contribution in [0.5, 0.6) is 0 Å². The molecule has 8 heteroatoms. The third-order valence-corrected chi connectivity index (χ3v) is 4.88. The van der Waals surface area contributed by atoms with E-state index in [0.29, 0.717) is 16.3 Å². The van der Waals surface area contributed by atoms with E-state index in [1.165, 1.54) is 10.0 Å². The van der Waals surface area contributed by atoms with Crippen LogP contribution in [0.4, 0.5) is 4.79 Å². The zero-order chi connectivity index (χ0) is 22.2. The van der Waals surface area contributed by atoms with Gasteiger partial charge in [0.1, 0.15) is 17.4 Å². The van der Waals surface area contributed by atoms with Crippen molar-refractivity contribution in [1.29, 1.82) is 5.26 Å². The van der Waals surface area contributed by atoms with Crippen LogP contribution in [-0.2, 0) is 4.74 Å². The molecule has 0 radical (unpaired) electrons. The van der Waals surface area contributed by atoms with Crippen LogP contribution in [0.3, 0.4) is 0 Å². The van der Waals surface area contributed by atoms with E-state index in [9.17, 15) is 10.1 Å². The minimum absolute atomic E-state index is 0.246. The number of carbonyl (C=O) groups excluding carboxylic acids is 1. The highest BCUT2D eigenvalue weighted by molar-refractivity contribution is 6.30. The minimum Gasteiger partial charge on any atom is -0.442 e. The molecule has 1 atom stereocenters. The van der Waals surface area contributed by atoms with Crippen LogP contribution in [0.1, 0.15) is 43.6 Å². The van der Waals surface area contributed by atoms with Gasteiger partial charge in [-0.2, -0.15) is 20.5 Å². The molecule has 31 heavy (non-hydrogen) atoms. The zero-order valence-electron chi connectivity index (χ0n) is 17.3. The first-order chi connectivity index (χ1) is 14.8. The Labute approximate surface area is 185 Å². The smallest absolute Gasteiger partial charge is 0.433 e. The zero-order valence-corrected chi connectivity index (χ0v) is 18.0. The second-order valence-electron chi connectivity index (χ2n) is 8.05. The van der Waals surface area contributed by atoms with Crippen LogP contribution < -0.4 is 0 Å². The second kappa shape index (κ2) is 7.89. The van der Waals surface area contributed by atoms with Crippen molar-refractivity contribution in [3.8, 4) is 6.07 Å². The van der Waals surface area contributed by atoms with Gasteiger partial charge in [0.15, 0.2) is 6.17 Å². The van der Waals surface area contributed by atoms with Crippen molar-refractivity contribution in [3.63, 3.8) is 0 Å². The average Bonchev–Trinajstić information content (AvgIpc) is 2.90. The van der Waals surface area contributed by atoms with E-state index < -0.39 is 17.9 Å². The number of halogens is 1. The SMILES string of the molecule is CC(C)(C)OC(=O)N1N=C(c2ccc(Cl)cc2)C=C(C#N)N2N=Cc3ccccc3C12. The Morgan fingerprint density at radius 3 is 2.55 bits per heavy atom. The van der Waals surface area contributed by atoms with Crippen LogP contribution in [0, 0.1) is 11.3 Å². The van der Waals surface area contributed by atoms with Gasteiger partial charge in [-0.1, -0.05) is 48.0 Å². The van der Waals surface area contributed by atoms with Gasteiger partial charge in [0.2, 0.25) is 0 Å². The average molecular weight is 434 g/mol. The van der Waals surface area contributed by atoms with Gasteiger partial charge < -0.3 is 4.74 Å². The first kappa shape index (κ1) is 20.6. The maximum absolute atomic E-state index is 13.2. The van der Waals surface area contributed by atoms with Crippen LogP contribution in [0.2, 0.25) is 5.02 Å². The number of hydrazone groups is 2. The van der Waals surface area contributed by atoms with E-state index in [2.05, 4.69) is 16.3 Å². The number of hydrogen-bond donors (Lipinski definition) is 0. The lowest BCUT2D eigenvalue weighted by molar-refractivity contribution is -0.00431. The van der Waals surface area contributed by atoms with E-state index in [-0.39, 0.29) is 5.70 Å². The molecular formula is C23H20ClN5O2. The molecule has 0 bridgehead atoms. The molecule has 156 valence electrons. The molecule has 2 aliphatic heterocycles. The summed E-state index contributed by atoms with van der Waals surface area (Å²) < 4.78 is 5.64. The van der Waals surface area contributed by atoms with Gasteiger partial charge >= 0.3 is 6.09 Å². The van der Waals surface area contributed by atoms with Crippen molar-refractivity contribution in [2.24, 2.45) is 10.2 Å². The van der Waals surface area contributed by atoms with Crippen LogP contribution in [-0.4, -0.2) is 33.6 Å². The first-order valence-corrected chi connectivity index (χ1v) is 10.1. The lowest BCUT2D eigenvalue weighted by atomic mass is 10.0. The Morgan fingerprint density at radius 2 is 1.87 bits per heavy atom. The second-order valence-corrected chi connectivity index (χ2v) is 8.49. The number of fused-ring (bicyclic) bond motifs is 3. The molecule has 2 aromatic rings. The van der Waals surface area contributed by atoms with Crippen molar-refractivity contribution < 1.29 is 9.53 Å². The summed E-state index contributed by atoms with van der Waals surface area (Å²) in [5.41, 5.74) is 2.25. The number of ether oxygens (including phenoxy) is 1. The van der Waals surface area contributed by atoms with Gasteiger partial charge in [-0.3, -0.25) is 0 Å². The first-order valence-electron chi connectivity index (χ1n) is 9.67. The minimum atomic E-state index is -0.772.